The van der Waals surface area contributed by atoms with Crippen LogP contribution in [0.15, 0.2) is 48.5 Å². The number of ether oxygens (including phenoxy) is 1. The topological polar surface area (TPSA) is 67.4 Å². The lowest BCUT2D eigenvalue weighted by Crippen LogP contribution is -2.13. The molecule has 0 fully saturated rings. The molecule has 2 aromatic rings. The van der Waals surface area contributed by atoms with E-state index in [1.807, 2.05) is 12.1 Å². The highest BCUT2D eigenvalue weighted by Crippen LogP contribution is 2.16. The Morgan fingerprint density at radius 2 is 1.62 bits per heavy atom. The maximum absolute atomic E-state index is 12.1. The molecule has 0 atom stereocenters. The van der Waals surface area contributed by atoms with E-state index in [0.717, 1.165) is 3.57 Å². The summed E-state index contributed by atoms with van der Waals surface area (Å²) in [7, 11) is 1.29. The van der Waals surface area contributed by atoms with Crippen LogP contribution < -0.4 is 10.6 Å². The maximum atomic E-state index is 12.1. The Morgan fingerprint density at radius 3 is 2.24 bits per heavy atom. The summed E-state index contributed by atoms with van der Waals surface area (Å²) >= 11 is 2.18. The summed E-state index contributed by atoms with van der Waals surface area (Å²) in [6, 6.07) is 14.1. The molecule has 0 spiro atoms. The molecule has 2 amide bonds. The number of carbonyl (C=O) groups excluding carboxylic acids is 2. The van der Waals surface area contributed by atoms with E-state index in [1.54, 1.807) is 36.4 Å². The van der Waals surface area contributed by atoms with E-state index in [2.05, 4.69) is 38.0 Å². The van der Waals surface area contributed by atoms with E-state index < -0.39 is 6.09 Å². The third-order valence-corrected chi connectivity index (χ3v) is 3.38. The van der Waals surface area contributed by atoms with Crippen molar-refractivity contribution in [1.29, 1.82) is 0 Å². The molecule has 0 bridgehead atoms. The molecule has 6 heteroatoms. The molecule has 2 N–H and O–H groups in total. The molecule has 0 aliphatic carbocycles. The van der Waals surface area contributed by atoms with Gasteiger partial charge in [-0.05, 0) is 65.1 Å². The van der Waals surface area contributed by atoms with Crippen molar-refractivity contribution in [2.75, 3.05) is 17.7 Å². The van der Waals surface area contributed by atoms with Crippen LogP contribution >= 0.6 is 22.6 Å². The molecule has 0 saturated heterocycles. The minimum Gasteiger partial charge on any atom is -0.453 e. The standard InChI is InChI=1S/C15H13IN2O3/c1-21-15(20)18-13-4-2-3-12(9-13)17-14(19)10-5-7-11(16)8-6-10/h2-9H,1H3,(H,17,19)(H,18,20). The molecule has 0 saturated carbocycles. The molecule has 0 aromatic heterocycles. The van der Waals surface area contributed by atoms with E-state index in [4.69, 9.17) is 0 Å². The lowest BCUT2D eigenvalue weighted by molar-refractivity contribution is 0.102. The largest absolute Gasteiger partial charge is 0.453 e. The van der Waals surface area contributed by atoms with Gasteiger partial charge in [0.05, 0.1) is 7.11 Å². The van der Waals surface area contributed by atoms with E-state index in [0.29, 0.717) is 16.9 Å². The molecular weight excluding hydrogens is 383 g/mol. The van der Waals surface area contributed by atoms with Crippen LogP contribution in [0.4, 0.5) is 16.2 Å². The predicted molar refractivity (Wildman–Crippen MR) is 89.6 cm³/mol. The third kappa shape index (κ3) is 4.45. The molecular formula is C15H13IN2O3. The first-order valence-electron chi connectivity index (χ1n) is 6.10. The van der Waals surface area contributed by atoms with E-state index in [1.165, 1.54) is 7.11 Å². The van der Waals surface area contributed by atoms with Crippen LogP contribution in [0.25, 0.3) is 0 Å². The summed E-state index contributed by atoms with van der Waals surface area (Å²) in [6.45, 7) is 0. The van der Waals surface area contributed by atoms with Crippen LogP contribution in [-0.4, -0.2) is 19.1 Å². The number of hydrogen-bond donors (Lipinski definition) is 2. The second-order valence-electron chi connectivity index (χ2n) is 4.16. The zero-order valence-corrected chi connectivity index (χ0v) is 13.4. The van der Waals surface area contributed by atoms with Crippen LogP contribution in [0.2, 0.25) is 0 Å². The lowest BCUT2D eigenvalue weighted by atomic mass is 10.2. The van der Waals surface area contributed by atoms with Gasteiger partial charge >= 0.3 is 6.09 Å². The fourth-order valence-electron chi connectivity index (χ4n) is 1.65. The first-order chi connectivity index (χ1) is 10.1. The van der Waals surface area contributed by atoms with Gasteiger partial charge in [-0.1, -0.05) is 6.07 Å². The van der Waals surface area contributed by atoms with Gasteiger partial charge in [-0.2, -0.15) is 0 Å². The Balaban J connectivity index is 2.08. The minimum atomic E-state index is -0.559. The normalized spacial score (nSPS) is 9.81. The van der Waals surface area contributed by atoms with Gasteiger partial charge in [0.2, 0.25) is 0 Å². The summed E-state index contributed by atoms with van der Waals surface area (Å²) in [4.78, 5) is 23.2. The average Bonchev–Trinajstić information content (AvgIpc) is 2.48. The predicted octanol–water partition coefficient (Wildman–Crippen LogP) is 3.72. The molecule has 21 heavy (non-hydrogen) atoms. The molecule has 2 aromatic carbocycles. The number of benzene rings is 2. The quantitative estimate of drug-likeness (QED) is 0.778. The van der Waals surface area contributed by atoms with Crippen molar-refractivity contribution in [2.24, 2.45) is 0 Å². The average molecular weight is 396 g/mol. The van der Waals surface area contributed by atoms with Crippen LogP contribution in [0.3, 0.4) is 0 Å². The van der Waals surface area contributed by atoms with Crippen molar-refractivity contribution >= 4 is 46.0 Å². The number of methoxy groups -OCH3 is 1. The van der Waals surface area contributed by atoms with Crippen LogP contribution in [0.5, 0.6) is 0 Å². The van der Waals surface area contributed by atoms with Gasteiger partial charge in [0.15, 0.2) is 0 Å². The molecule has 0 heterocycles. The highest BCUT2D eigenvalue weighted by Gasteiger charge is 2.07. The van der Waals surface area contributed by atoms with Gasteiger partial charge in [0.25, 0.3) is 5.91 Å². The molecule has 2 rings (SSSR count). The maximum Gasteiger partial charge on any atom is 0.411 e. The van der Waals surface area contributed by atoms with Crippen molar-refractivity contribution in [3.05, 3.63) is 57.7 Å². The molecule has 0 radical (unpaired) electrons. The molecule has 5 nitrogen and oxygen atoms in total. The van der Waals surface area contributed by atoms with Gasteiger partial charge in [0, 0.05) is 20.5 Å². The second kappa shape index (κ2) is 7.07. The summed E-state index contributed by atoms with van der Waals surface area (Å²) in [6.07, 6.45) is -0.559. The highest BCUT2D eigenvalue weighted by molar-refractivity contribution is 14.1. The number of halogens is 1. The molecule has 0 unspecified atom stereocenters. The number of amides is 2. The number of anilines is 2. The molecule has 0 aliphatic heterocycles. The van der Waals surface area contributed by atoms with Gasteiger partial charge in [0.1, 0.15) is 0 Å². The zero-order valence-electron chi connectivity index (χ0n) is 11.2. The summed E-state index contributed by atoms with van der Waals surface area (Å²) in [5.41, 5.74) is 1.71. The van der Waals surface area contributed by atoms with Crippen LogP contribution in [0, 0.1) is 3.57 Å². The Bertz CT molecular complexity index is 656. The number of rotatable bonds is 3. The third-order valence-electron chi connectivity index (χ3n) is 2.66. The van der Waals surface area contributed by atoms with Crippen molar-refractivity contribution in [1.82, 2.24) is 0 Å². The lowest BCUT2D eigenvalue weighted by Gasteiger charge is -2.08. The van der Waals surface area contributed by atoms with Gasteiger partial charge in [-0.15, -0.1) is 0 Å². The fourth-order valence-corrected chi connectivity index (χ4v) is 2.01. The van der Waals surface area contributed by atoms with Crippen molar-refractivity contribution in [3.63, 3.8) is 0 Å². The Labute approximate surface area is 135 Å². The van der Waals surface area contributed by atoms with E-state index >= 15 is 0 Å². The van der Waals surface area contributed by atoms with Crippen molar-refractivity contribution in [2.45, 2.75) is 0 Å². The Hall–Kier alpha value is -2.09. The monoisotopic (exact) mass is 396 g/mol. The molecule has 0 aliphatic rings. The van der Waals surface area contributed by atoms with Crippen LogP contribution in [-0.2, 0) is 4.74 Å². The highest BCUT2D eigenvalue weighted by atomic mass is 127. The Kier molecular flexibility index (Phi) is 5.15. The minimum absolute atomic E-state index is 0.207. The number of carbonyl (C=O) groups is 2. The second-order valence-corrected chi connectivity index (χ2v) is 5.40. The van der Waals surface area contributed by atoms with Gasteiger partial charge in [-0.3, -0.25) is 10.1 Å². The van der Waals surface area contributed by atoms with E-state index in [-0.39, 0.29) is 5.91 Å². The van der Waals surface area contributed by atoms with Crippen LogP contribution in [0.1, 0.15) is 10.4 Å². The summed E-state index contributed by atoms with van der Waals surface area (Å²) in [5.74, 6) is -0.207. The van der Waals surface area contributed by atoms with Gasteiger partial charge in [-0.25, -0.2) is 4.79 Å². The smallest absolute Gasteiger partial charge is 0.411 e. The van der Waals surface area contributed by atoms with Crippen molar-refractivity contribution < 1.29 is 14.3 Å². The van der Waals surface area contributed by atoms with Crippen molar-refractivity contribution in [3.8, 4) is 0 Å². The SMILES string of the molecule is COC(=O)Nc1cccc(NC(=O)c2ccc(I)cc2)c1. The molecule has 108 valence electrons. The number of hydrogen-bond acceptors (Lipinski definition) is 3. The first-order valence-corrected chi connectivity index (χ1v) is 7.18. The zero-order chi connectivity index (χ0) is 15.2. The summed E-state index contributed by atoms with van der Waals surface area (Å²) in [5, 5.41) is 5.31. The Morgan fingerprint density at radius 1 is 1.00 bits per heavy atom. The fraction of sp³-hybridized carbons (Fsp3) is 0.0667. The van der Waals surface area contributed by atoms with E-state index in [9.17, 15) is 9.59 Å². The van der Waals surface area contributed by atoms with Gasteiger partial charge < -0.3 is 10.1 Å². The number of nitrogens with one attached hydrogen (secondary N) is 2. The summed E-state index contributed by atoms with van der Waals surface area (Å²) < 4.78 is 5.58. The first kappa shape index (κ1) is 15.3.